The maximum absolute atomic E-state index is 15.0. The number of methoxy groups -OCH3 is 1. The molecule has 24 heavy (non-hydrogen) atoms. The van der Waals surface area contributed by atoms with E-state index in [9.17, 15) is 4.39 Å². The first-order valence-corrected chi connectivity index (χ1v) is 8.70. The van der Waals surface area contributed by atoms with Gasteiger partial charge in [0.2, 0.25) is 0 Å². The van der Waals surface area contributed by atoms with Crippen LogP contribution in [-0.4, -0.2) is 22.3 Å². The van der Waals surface area contributed by atoms with E-state index in [1.165, 1.54) is 6.07 Å². The highest BCUT2D eigenvalue weighted by Crippen LogP contribution is 2.48. The maximum Gasteiger partial charge on any atom is 0.129 e. The van der Waals surface area contributed by atoms with Crippen LogP contribution in [0.25, 0.3) is 11.3 Å². The highest BCUT2D eigenvalue weighted by molar-refractivity contribution is 5.75. The highest BCUT2D eigenvalue weighted by Gasteiger charge is 2.37. The quantitative estimate of drug-likeness (QED) is 0.783. The molecule has 0 radical (unpaired) electrons. The van der Waals surface area contributed by atoms with Gasteiger partial charge >= 0.3 is 0 Å². The van der Waals surface area contributed by atoms with E-state index >= 15 is 4.39 Å². The average Bonchev–Trinajstić information content (AvgIpc) is 3.16. The lowest BCUT2D eigenvalue weighted by Gasteiger charge is -2.30. The van der Waals surface area contributed by atoms with Crippen molar-refractivity contribution in [3.05, 3.63) is 36.0 Å². The van der Waals surface area contributed by atoms with Gasteiger partial charge in [-0.05, 0) is 37.8 Å². The molecule has 1 atom stereocenters. The lowest BCUT2D eigenvalue weighted by molar-refractivity contribution is 0.0901. The molecule has 1 aromatic heterocycles. The summed E-state index contributed by atoms with van der Waals surface area (Å²) in [6, 6.07) is 2.88. The summed E-state index contributed by atoms with van der Waals surface area (Å²) in [6.07, 6.45) is 8.77. The zero-order chi connectivity index (χ0) is 16.7. The second-order valence-corrected chi connectivity index (χ2v) is 6.99. The fraction of sp³-hybridized carbons (Fsp3) is 0.526. The molecule has 3 nitrogen and oxygen atoms in total. The first-order valence-electron chi connectivity index (χ1n) is 8.70. The van der Waals surface area contributed by atoms with Gasteiger partial charge < -0.3 is 9.30 Å². The van der Waals surface area contributed by atoms with Crippen LogP contribution in [0.1, 0.15) is 56.6 Å². The molecule has 1 saturated carbocycles. The molecule has 0 bridgehead atoms. The third-order valence-electron chi connectivity index (χ3n) is 5.58. The van der Waals surface area contributed by atoms with Crippen LogP contribution >= 0.6 is 0 Å². The monoisotopic (exact) mass is 332 g/mol. The molecule has 0 unspecified atom stereocenters. The van der Waals surface area contributed by atoms with E-state index in [-0.39, 0.29) is 11.9 Å². The topological polar surface area (TPSA) is 27.1 Å². The van der Waals surface area contributed by atoms with Crippen molar-refractivity contribution < 1.29 is 13.5 Å². The van der Waals surface area contributed by atoms with Crippen molar-refractivity contribution in [1.82, 2.24) is 9.55 Å². The molecular weight excluding hydrogens is 310 g/mol. The molecule has 0 amide bonds. The van der Waals surface area contributed by atoms with Crippen LogP contribution in [0.4, 0.5) is 8.78 Å². The van der Waals surface area contributed by atoms with Gasteiger partial charge in [0, 0.05) is 5.56 Å². The summed E-state index contributed by atoms with van der Waals surface area (Å²) in [5.74, 6) is 0.388. The molecule has 128 valence electrons. The Kier molecular flexibility index (Phi) is 3.82. The van der Waals surface area contributed by atoms with Crippen LogP contribution < -0.4 is 4.74 Å². The van der Waals surface area contributed by atoms with Crippen molar-refractivity contribution in [2.24, 2.45) is 0 Å². The molecule has 1 aromatic carbocycles. The van der Waals surface area contributed by atoms with E-state index < -0.39 is 5.67 Å². The molecule has 2 aromatic rings. The van der Waals surface area contributed by atoms with E-state index in [0.29, 0.717) is 37.0 Å². The van der Waals surface area contributed by atoms with E-state index in [1.54, 1.807) is 25.7 Å². The van der Waals surface area contributed by atoms with E-state index in [4.69, 9.17) is 4.74 Å². The Bertz CT molecular complexity index is 750. The fourth-order valence-electron chi connectivity index (χ4n) is 4.33. The normalized spacial score (nSPS) is 21.4. The number of rotatable bonds is 4. The van der Waals surface area contributed by atoms with Gasteiger partial charge in [0.1, 0.15) is 17.2 Å². The van der Waals surface area contributed by atoms with Crippen molar-refractivity contribution in [1.29, 1.82) is 0 Å². The third-order valence-corrected chi connectivity index (χ3v) is 5.58. The van der Waals surface area contributed by atoms with Crippen molar-refractivity contribution >= 4 is 0 Å². The molecule has 1 fully saturated rings. The minimum Gasteiger partial charge on any atom is -0.496 e. The lowest BCUT2D eigenvalue weighted by atomic mass is 9.81. The van der Waals surface area contributed by atoms with Crippen molar-refractivity contribution in [2.75, 3.05) is 7.11 Å². The summed E-state index contributed by atoms with van der Waals surface area (Å²) < 4.78 is 37.0. The molecule has 4 rings (SSSR count). The van der Waals surface area contributed by atoms with Crippen LogP contribution in [0.2, 0.25) is 0 Å². The van der Waals surface area contributed by atoms with Crippen molar-refractivity contribution in [3.63, 3.8) is 0 Å². The SMILES string of the molecule is COc1ccc(F)c2c1-c1cncn1[C@H]2CCC1(F)CCCCC1. The molecule has 5 heteroatoms. The number of alkyl halides is 1. The van der Waals surface area contributed by atoms with Crippen LogP contribution in [0.5, 0.6) is 5.75 Å². The highest BCUT2D eigenvalue weighted by atomic mass is 19.1. The number of aromatic nitrogens is 2. The Labute approximate surface area is 140 Å². The largest absolute Gasteiger partial charge is 0.496 e. The van der Waals surface area contributed by atoms with Gasteiger partial charge in [-0.3, -0.25) is 0 Å². The standard InChI is InChI=1S/C19H22F2N2O/c1-24-16-6-5-13(20)17-14(23-12-22-11-15(23)18(16)17)7-10-19(21)8-3-2-4-9-19/h5-6,11-12,14H,2-4,7-10H2,1H3/t14-/m0/s1. The van der Waals surface area contributed by atoms with E-state index in [2.05, 4.69) is 4.98 Å². The van der Waals surface area contributed by atoms with Gasteiger partial charge in [0.05, 0.1) is 36.9 Å². The van der Waals surface area contributed by atoms with Gasteiger partial charge in [-0.15, -0.1) is 0 Å². The maximum atomic E-state index is 15.0. The lowest BCUT2D eigenvalue weighted by Crippen LogP contribution is -2.27. The van der Waals surface area contributed by atoms with E-state index in [1.807, 2.05) is 4.57 Å². The minimum absolute atomic E-state index is 0.206. The number of ether oxygens (including phenoxy) is 1. The summed E-state index contributed by atoms with van der Waals surface area (Å²) >= 11 is 0. The number of imidazole rings is 1. The van der Waals surface area contributed by atoms with Gasteiger partial charge in [-0.1, -0.05) is 19.3 Å². The Morgan fingerprint density at radius 1 is 1.29 bits per heavy atom. The van der Waals surface area contributed by atoms with Gasteiger partial charge in [0.25, 0.3) is 0 Å². The van der Waals surface area contributed by atoms with Crippen LogP contribution in [0.3, 0.4) is 0 Å². The number of nitrogens with zero attached hydrogens (tertiary/aromatic N) is 2. The number of halogens is 2. The zero-order valence-corrected chi connectivity index (χ0v) is 13.9. The number of hydrogen-bond acceptors (Lipinski definition) is 2. The molecule has 1 aliphatic heterocycles. The molecule has 0 spiro atoms. The molecule has 0 N–H and O–H groups in total. The second kappa shape index (κ2) is 5.87. The number of hydrogen-bond donors (Lipinski definition) is 0. The molecule has 2 heterocycles. The predicted molar refractivity (Wildman–Crippen MR) is 88.5 cm³/mol. The average molecular weight is 332 g/mol. The summed E-state index contributed by atoms with van der Waals surface area (Å²) in [6.45, 7) is 0. The number of benzene rings is 1. The molecular formula is C19H22F2N2O. The summed E-state index contributed by atoms with van der Waals surface area (Å²) in [7, 11) is 1.58. The van der Waals surface area contributed by atoms with Crippen molar-refractivity contribution in [3.8, 4) is 17.0 Å². The van der Waals surface area contributed by atoms with Gasteiger partial charge in [-0.2, -0.15) is 0 Å². The minimum atomic E-state index is -1.10. The first kappa shape index (κ1) is 15.6. The zero-order valence-electron chi connectivity index (χ0n) is 13.9. The molecule has 1 aliphatic carbocycles. The summed E-state index contributed by atoms with van der Waals surface area (Å²) in [4.78, 5) is 4.20. The predicted octanol–water partition coefficient (Wildman–Crippen LogP) is 5.05. The van der Waals surface area contributed by atoms with Crippen LogP contribution in [0.15, 0.2) is 24.7 Å². The summed E-state index contributed by atoms with van der Waals surface area (Å²) in [5.41, 5.74) is 1.13. The third kappa shape index (κ3) is 2.41. The van der Waals surface area contributed by atoms with Crippen LogP contribution in [-0.2, 0) is 0 Å². The van der Waals surface area contributed by atoms with Gasteiger partial charge in [0.15, 0.2) is 0 Å². The first-order chi connectivity index (χ1) is 11.6. The Hall–Kier alpha value is -1.91. The molecule has 2 aliphatic rings. The summed E-state index contributed by atoms with van der Waals surface area (Å²) in [5, 5.41) is 0. The number of fused-ring (bicyclic) bond motifs is 3. The second-order valence-electron chi connectivity index (χ2n) is 6.99. The van der Waals surface area contributed by atoms with Gasteiger partial charge in [-0.25, -0.2) is 13.8 Å². The van der Waals surface area contributed by atoms with Crippen LogP contribution in [0, 0.1) is 5.82 Å². The fourth-order valence-corrected chi connectivity index (χ4v) is 4.33. The Morgan fingerprint density at radius 3 is 2.83 bits per heavy atom. The Balaban J connectivity index is 1.68. The smallest absolute Gasteiger partial charge is 0.129 e. The van der Waals surface area contributed by atoms with E-state index in [0.717, 1.165) is 30.5 Å². The molecule has 0 saturated heterocycles. The van der Waals surface area contributed by atoms with Crippen molar-refractivity contribution in [2.45, 2.75) is 56.7 Å². The Morgan fingerprint density at radius 2 is 2.08 bits per heavy atom.